The van der Waals surface area contributed by atoms with E-state index < -0.39 is 5.97 Å². The zero-order chi connectivity index (χ0) is 19.0. The number of halogens is 3. The molecular weight excluding hydrogens is 414 g/mol. The van der Waals surface area contributed by atoms with Gasteiger partial charge in [-0.2, -0.15) is 0 Å². The van der Waals surface area contributed by atoms with Crippen LogP contribution in [0.2, 0.25) is 10.0 Å². The van der Waals surface area contributed by atoms with Crippen molar-refractivity contribution in [1.82, 2.24) is 4.98 Å². The van der Waals surface area contributed by atoms with E-state index in [1.165, 1.54) is 29.5 Å². The van der Waals surface area contributed by atoms with Crippen LogP contribution in [-0.4, -0.2) is 36.8 Å². The maximum atomic E-state index is 13.3. The first-order chi connectivity index (χ1) is 13.0. The third-order valence-corrected chi connectivity index (χ3v) is 5.60. The Balaban J connectivity index is 1.27. The second-order valence-electron chi connectivity index (χ2n) is 5.99. The summed E-state index contributed by atoms with van der Waals surface area (Å²) in [6, 6.07) is 9.27. The highest BCUT2D eigenvalue weighted by atomic mass is 35.5. The summed E-state index contributed by atoms with van der Waals surface area (Å²) in [6.07, 6.45) is -0.231. The Morgan fingerprint density at radius 3 is 2.85 bits per heavy atom. The van der Waals surface area contributed by atoms with E-state index in [0.29, 0.717) is 28.9 Å². The average molecular weight is 427 g/mol. The number of benzene rings is 2. The first kappa shape index (κ1) is 18.3. The standard InChI is InChI=1S/C18H13Cl2FN2O3S/c19-10-1-4-15(13(20)5-10)25-9-17(24)26-12-7-23(8-12)18-22-14-3-2-11(21)6-16(14)27-18/h1-6,12H,7-9H2. The summed E-state index contributed by atoms with van der Waals surface area (Å²) in [6.45, 7) is 0.837. The smallest absolute Gasteiger partial charge is 0.344 e. The third-order valence-electron chi connectivity index (χ3n) is 4.00. The van der Waals surface area contributed by atoms with Gasteiger partial charge < -0.3 is 14.4 Å². The number of ether oxygens (including phenoxy) is 2. The van der Waals surface area contributed by atoms with E-state index in [9.17, 15) is 9.18 Å². The normalized spacial score (nSPS) is 14.3. The van der Waals surface area contributed by atoms with Gasteiger partial charge in [0.1, 0.15) is 17.7 Å². The highest BCUT2D eigenvalue weighted by molar-refractivity contribution is 7.22. The summed E-state index contributed by atoms with van der Waals surface area (Å²) in [4.78, 5) is 18.4. The summed E-state index contributed by atoms with van der Waals surface area (Å²) in [5.41, 5.74) is 0.755. The van der Waals surface area contributed by atoms with Crippen LogP contribution >= 0.6 is 34.5 Å². The van der Waals surface area contributed by atoms with Gasteiger partial charge in [0.25, 0.3) is 0 Å². The molecule has 5 nitrogen and oxygen atoms in total. The molecule has 1 fully saturated rings. The maximum absolute atomic E-state index is 13.3. The number of carbonyl (C=O) groups is 1. The van der Waals surface area contributed by atoms with Crippen molar-refractivity contribution in [3.8, 4) is 5.75 Å². The van der Waals surface area contributed by atoms with Gasteiger partial charge in [-0.25, -0.2) is 14.2 Å². The number of nitrogens with zero attached hydrogens (tertiary/aromatic N) is 2. The van der Waals surface area contributed by atoms with E-state index in [-0.39, 0.29) is 18.5 Å². The quantitative estimate of drug-likeness (QED) is 0.560. The molecule has 0 atom stereocenters. The average Bonchev–Trinajstić information content (AvgIpc) is 2.99. The Morgan fingerprint density at radius 2 is 2.07 bits per heavy atom. The summed E-state index contributed by atoms with van der Waals surface area (Å²) in [7, 11) is 0. The largest absolute Gasteiger partial charge is 0.480 e. The minimum atomic E-state index is -0.475. The molecule has 0 saturated carbocycles. The number of fused-ring (bicyclic) bond motifs is 1. The Labute approximate surface area is 168 Å². The number of aromatic nitrogens is 1. The number of anilines is 1. The van der Waals surface area contributed by atoms with Crippen LogP contribution in [0.4, 0.5) is 9.52 Å². The van der Waals surface area contributed by atoms with Gasteiger partial charge in [-0.15, -0.1) is 0 Å². The highest BCUT2D eigenvalue weighted by Crippen LogP contribution is 2.32. The Bertz CT molecular complexity index is 1010. The molecule has 140 valence electrons. The molecule has 1 aromatic heterocycles. The molecule has 9 heteroatoms. The zero-order valence-corrected chi connectivity index (χ0v) is 16.2. The highest BCUT2D eigenvalue weighted by Gasteiger charge is 2.32. The van der Waals surface area contributed by atoms with Crippen molar-refractivity contribution in [3.05, 3.63) is 52.3 Å². The molecule has 1 aliphatic rings. The SMILES string of the molecule is O=C(COc1ccc(Cl)cc1Cl)OC1CN(c2nc3ccc(F)cc3s2)C1. The second-order valence-corrected chi connectivity index (χ2v) is 7.84. The lowest BCUT2D eigenvalue weighted by molar-refractivity contribution is -0.152. The molecule has 0 bridgehead atoms. The summed E-state index contributed by atoms with van der Waals surface area (Å²) in [5.74, 6) is -0.388. The molecule has 0 aliphatic carbocycles. The molecule has 3 aromatic rings. The number of carbonyl (C=O) groups excluding carboxylic acids is 1. The minimum Gasteiger partial charge on any atom is -0.480 e. The number of thiazole rings is 1. The lowest BCUT2D eigenvalue weighted by Gasteiger charge is -2.38. The van der Waals surface area contributed by atoms with Crippen molar-refractivity contribution < 1.29 is 18.7 Å². The van der Waals surface area contributed by atoms with Crippen molar-refractivity contribution >= 4 is 55.9 Å². The molecule has 1 saturated heterocycles. The van der Waals surface area contributed by atoms with Crippen molar-refractivity contribution in [2.45, 2.75) is 6.10 Å². The van der Waals surface area contributed by atoms with Gasteiger partial charge >= 0.3 is 5.97 Å². The number of hydrogen-bond acceptors (Lipinski definition) is 6. The van der Waals surface area contributed by atoms with Crippen LogP contribution in [-0.2, 0) is 9.53 Å². The first-order valence-corrected chi connectivity index (χ1v) is 9.63. The maximum Gasteiger partial charge on any atom is 0.344 e. The Kier molecular flexibility index (Phi) is 5.08. The third kappa shape index (κ3) is 4.10. The number of esters is 1. The summed E-state index contributed by atoms with van der Waals surface area (Å²) < 4.78 is 24.8. The van der Waals surface area contributed by atoms with Crippen molar-refractivity contribution in [1.29, 1.82) is 0 Å². The molecule has 1 aliphatic heterocycles. The summed E-state index contributed by atoms with van der Waals surface area (Å²) >= 11 is 13.2. The fourth-order valence-corrected chi connectivity index (χ4v) is 4.11. The van der Waals surface area contributed by atoms with E-state index in [1.807, 2.05) is 4.90 Å². The Hall–Kier alpha value is -2.09. The van der Waals surface area contributed by atoms with Crippen molar-refractivity contribution in [2.24, 2.45) is 0 Å². The molecule has 2 heterocycles. The van der Waals surface area contributed by atoms with Crippen LogP contribution in [0.15, 0.2) is 36.4 Å². The van der Waals surface area contributed by atoms with Crippen molar-refractivity contribution in [2.75, 3.05) is 24.6 Å². The fourth-order valence-electron chi connectivity index (χ4n) is 2.64. The Morgan fingerprint density at radius 1 is 1.26 bits per heavy atom. The van der Waals surface area contributed by atoms with Crippen LogP contribution in [0.3, 0.4) is 0 Å². The number of rotatable bonds is 5. The van der Waals surface area contributed by atoms with Crippen LogP contribution < -0.4 is 9.64 Å². The van der Waals surface area contributed by atoms with Gasteiger partial charge in [-0.3, -0.25) is 0 Å². The van der Waals surface area contributed by atoms with Crippen LogP contribution in [0.5, 0.6) is 5.75 Å². The minimum absolute atomic E-state index is 0.231. The molecular formula is C18H13Cl2FN2O3S. The van der Waals surface area contributed by atoms with Gasteiger partial charge in [0, 0.05) is 5.02 Å². The lowest BCUT2D eigenvalue weighted by Crippen LogP contribution is -2.53. The molecule has 0 unspecified atom stereocenters. The summed E-state index contributed by atoms with van der Waals surface area (Å²) in [5, 5.41) is 1.60. The molecule has 4 rings (SSSR count). The van der Waals surface area contributed by atoms with E-state index in [0.717, 1.165) is 15.3 Å². The van der Waals surface area contributed by atoms with Crippen LogP contribution in [0, 0.1) is 5.82 Å². The topological polar surface area (TPSA) is 51.7 Å². The first-order valence-electron chi connectivity index (χ1n) is 8.06. The molecule has 27 heavy (non-hydrogen) atoms. The van der Waals surface area contributed by atoms with Gasteiger partial charge in [0.2, 0.25) is 0 Å². The van der Waals surface area contributed by atoms with Gasteiger partial charge in [-0.05, 0) is 36.4 Å². The second kappa shape index (κ2) is 7.50. The molecule has 0 radical (unpaired) electrons. The monoisotopic (exact) mass is 426 g/mol. The van der Waals surface area contributed by atoms with E-state index in [4.69, 9.17) is 32.7 Å². The predicted molar refractivity (Wildman–Crippen MR) is 104 cm³/mol. The zero-order valence-electron chi connectivity index (χ0n) is 13.8. The molecule has 0 N–H and O–H groups in total. The van der Waals surface area contributed by atoms with Crippen molar-refractivity contribution in [3.63, 3.8) is 0 Å². The predicted octanol–water partition coefficient (Wildman–Crippen LogP) is 4.55. The van der Waals surface area contributed by atoms with E-state index in [2.05, 4.69) is 4.98 Å². The fraction of sp³-hybridized carbons (Fsp3) is 0.222. The van der Waals surface area contributed by atoms with Gasteiger partial charge in [0.05, 0.1) is 28.3 Å². The number of hydrogen-bond donors (Lipinski definition) is 0. The van der Waals surface area contributed by atoms with Gasteiger partial charge in [-0.1, -0.05) is 34.5 Å². The lowest BCUT2D eigenvalue weighted by atomic mass is 10.2. The van der Waals surface area contributed by atoms with Crippen LogP contribution in [0.25, 0.3) is 10.2 Å². The molecule has 2 aromatic carbocycles. The van der Waals surface area contributed by atoms with E-state index in [1.54, 1.807) is 18.2 Å². The van der Waals surface area contributed by atoms with Crippen LogP contribution in [0.1, 0.15) is 0 Å². The molecule has 0 spiro atoms. The van der Waals surface area contributed by atoms with Gasteiger partial charge in [0.15, 0.2) is 11.7 Å². The molecule has 0 amide bonds. The van der Waals surface area contributed by atoms with E-state index >= 15 is 0 Å².